The van der Waals surface area contributed by atoms with Gasteiger partial charge in [-0.3, -0.25) is 0 Å². The lowest BCUT2D eigenvalue weighted by atomic mass is 10.1. The van der Waals surface area contributed by atoms with Gasteiger partial charge in [0.2, 0.25) is 0 Å². The van der Waals surface area contributed by atoms with Crippen molar-refractivity contribution in [3.63, 3.8) is 0 Å². The number of furan rings is 1. The average Bonchev–Trinajstić information content (AvgIpc) is 2.95. The molecule has 0 amide bonds. The molecule has 0 N–H and O–H groups in total. The number of hydrogen-bond acceptors (Lipinski definition) is 3. The van der Waals surface area contributed by atoms with Crippen LogP contribution in [0.1, 0.15) is 26.3 Å². The minimum atomic E-state index is 0.954. The van der Waals surface area contributed by atoms with E-state index in [0.29, 0.717) is 0 Å². The Balaban J connectivity index is 0.000000256. The van der Waals surface area contributed by atoms with E-state index in [1.165, 1.54) is 36.0 Å². The van der Waals surface area contributed by atoms with E-state index in [1.54, 1.807) is 0 Å². The van der Waals surface area contributed by atoms with Crippen molar-refractivity contribution in [2.75, 3.05) is 33.7 Å². The van der Waals surface area contributed by atoms with Gasteiger partial charge in [-0.15, -0.1) is 0 Å². The fraction of sp³-hybridized carbons (Fsp3) is 0.429. The van der Waals surface area contributed by atoms with Crippen LogP contribution in [0.2, 0.25) is 0 Å². The predicted octanol–water partition coefficient (Wildman–Crippen LogP) is 5.00. The fourth-order valence-corrected chi connectivity index (χ4v) is 2.91. The molecule has 0 unspecified atom stereocenters. The molecule has 1 heterocycles. The summed E-state index contributed by atoms with van der Waals surface area (Å²) >= 11 is 0. The van der Waals surface area contributed by atoms with E-state index in [2.05, 4.69) is 75.0 Å². The van der Waals surface area contributed by atoms with Crippen LogP contribution in [-0.2, 0) is 6.54 Å². The molecule has 0 aliphatic rings. The number of para-hydroxylation sites is 1. The summed E-state index contributed by atoms with van der Waals surface area (Å²) in [5, 5.41) is 2.41. The Kier molecular flexibility index (Phi) is 6.83. The standard InChI is InChI=1S/C15H15NO.C6H15N/c1-16(2)10-11-7-8-15-13(9-11)12-5-3-4-6-14(12)17-15;1-4-7(5-2)6-3/h3-9H,10H2,1-2H3;4-6H2,1-3H3. The van der Waals surface area contributed by atoms with Gasteiger partial charge in [-0.05, 0) is 57.5 Å². The maximum atomic E-state index is 5.80. The van der Waals surface area contributed by atoms with Gasteiger partial charge >= 0.3 is 0 Å². The van der Waals surface area contributed by atoms with E-state index in [0.717, 1.165) is 17.7 Å². The topological polar surface area (TPSA) is 19.6 Å². The van der Waals surface area contributed by atoms with E-state index in [4.69, 9.17) is 4.42 Å². The number of benzene rings is 2. The molecule has 2 aromatic carbocycles. The largest absolute Gasteiger partial charge is 0.456 e. The molecule has 24 heavy (non-hydrogen) atoms. The van der Waals surface area contributed by atoms with Crippen LogP contribution in [-0.4, -0.2) is 43.5 Å². The highest BCUT2D eigenvalue weighted by Crippen LogP contribution is 2.29. The van der Waals surface area contributed by atoms with Gasteiger partial charge in [0.05, 0.1) is 0 Å². The van der Waals surface area contributed by atoms with Gasteiger partial charge in [-0.25, -0.2) is 0 Å². The Bertz CT molecular complexity index is 751. The molecule has 3 heteroatoms. The zero-order valence-corrected chi connectivity index (χ0v) is 15.7. The number of nitrogens with zero attached hydrogens (tertiary/aromatic N) is 2. The Morgan fingerprint density at radius 2 is 1.42 bits per heavy atom. The van der Waals surface area contributed by atoms with Crippen molar-refractivity contribution in [2.45, 2.75) is 27.3 Å². The summed E-state index contributed by atoms with van der Waals surface area (Å²) in [6.45, 7) is 11.1. The first-order valence-corrected chi connectivity index (χ1v) is 8.86. The molecule has 0 spiro atoms. The summed E-state index contributed by atoms with van der Waals surface area (Å²) in [6, 6.07) is 14.6. The highest BCUT2D eigenvalue weighted by Gasteiger charge is 2.06. The molecular formula is C21H30N2O. The van der Waals surface area contributed by atoms with E-state index in [1.807, 2.05) is 12.1 Å². The second-order valence-electron chi connectivity index (χ2n) is 6.29. The van der Waals surface area contributed by atoms with E-state index < -0.39 is 0 Å². The van der Waals surface area contributed by atoms with Gasteiger partial charge in [0.15, 0.2) is 0 Å². The molecule has 3 rings (SSSR count). The molecule has 130 valence electrons. The van der Waals surface area contributed by atoms with Crippen molar-refractivity contribution in [1.82, 2.24) is 9.80 Å². The summed E-state index contributed by atoms with van der Waals surface area (Å²) < 4.78 is 5.80. The van der Waals surface area contributed by atoms with Gasteiger partial charge in [-0.2, -0.15) is 0 Å². The lowest BCUT2D eigenvalue weighted by Gasteiger charge is -2.13. The Morgan fingerprint density at radius 3 is 2.00 bits per heavy atom. The molecule has 0 atom stereocenters. The first-order chi connectivity index (χ1) is 11.6. The normalized spacial score (nSPS) is 11.3. The predicted molar refractivity (Wildman–Crippen MR) is 105 cm³/mol. The summed E-state index contributed by atoms with van der Waals surface area (Å²) in [5.74, 6) is 0. The lowest BCUT2D eigenvalue weighted by molar-refractivity contribution is 0.321. The van der Waals surface area contributed by atoms with Crippen LogP contribution >= 0.6 is 0 Å². The SMILES string of the molecule is CCN(CC)CC.CN(C)Cc1ccc2oc3ccccc3c2c1. The smallest absolute Gasteiger partial charge is 0.135 e. The summed E-state index contributed by atoms with van der Waals surface area (Å²) in [6.07, 6.45) is 0. The Hall–Kier alpha value is -1.84. The van der Waals surface area contributed by atoms with Crippen LogP contribution in [0.3, 0.4) is 0 Å². The monoisotopic (exact) mass is 326 g/mol. The lowest BCUT2D eigenvalue weighted by Crippen LogP contribution is -2.21. The highest BCUT2D eigenvalue weighted by molar-refractivity contribution is 6.04. The molecule has 0 radical (unpaired) electrons. The summed E-state index contributed by atoms with van der Waals surface area (Å²) in [4.78, 5) is 4.55. The van der Waals surface area contributed by atoms with Crippen LogP contribution in [0, 0.1) is 0 Å². The maximum absolute atomic E-state index is 5.80. The summed E-state index contributed by atoms with van der Waals surface area (Å²) in [7, 11) is 4.16. The van der Waals surface area contributed by atoms with Gasteiger partial charge in [0, 0.05) is 17.3 Å². The van der Waals surface area contributed by atoms with E-state index >= 15 is 0 Å². The number of rotatable bonds is 5. The zero-order valence-electron chi connectivity index (χ0n) is 15.7. The number of hydrogen-bond donors (Lipinski definition) is 0. The quantitative estimate of drug-likeness (QED) is 0.658. The van der Waals surface area contributed by atoms with Crippen LogP contribution in [0.5, 0.6) is 0 Å². The fourth-order valence-electron chi connectivity index (χ4n) is 2.91. The number of fused-ring (bicyclic) bond motifs is 3. The molecule has 0 aliphatic carbocycles. The molecule has 3 nitrogen and oxygen atoms in total. The molecular weight excluding hydrogens is 296 g/mol. The zero-order chi connectivity index (χ0) is 17.5. The molecule has 3 aromatic rings. The van der Waals surface area contributed by atoms with Crippen LogP contribution < -0.4 is 0 Å². The molecule has 0 bridgehead atoms. The van der Waals surface area contributed by atoms with Crippen LogP contribution in [0.4, 0.5) is 0 Å². The Labute approximate surface area is 145 Å². The third-order valence-corrected chi connectivity index (χ3v) is 4.28. The van der Waals surface area contributed by atoms with Crippen molar-refractivity contribution in [1.29, 1.82) is 0 Å². The molecule has 0 saturated heterocycles. The van der Waals surface area contributed by atoms with Crippen molar-refractivity contribution < 1.29 is 4.42 Å². The van der Waals surface area contributed by atoms with Crippen LogP contribution in [0.25, 0.3) is 21.9 Å². The Morgan fingerprint density at radius 1 is 0.792 bits per heavy atom. The second-order valence-corrected chi connectivity index (χ2v) is 6.29. The molecule has 1 aromatic heterocycles. The van der Waals surface area contributed by atoms with E-state index in [-0.39, 0.29) is 0 Å². The molecule has 0 fully saturated rings. The minimum Gasteiger partial charge on any atom is -0.456 e. The van der Waals surface area contributed by atoms with Gasteiger partial charge in [0.25, 0.3) is 0 Å². The van der Waals surface area contributed by atoms with Crippen molar-refractivity contribution in [2.24, 2.45) is 0 Å². The van der Waals surface area contributed by atoms with Crippen molar-refractivity contribution >= 4 is 21.9 Å². The molecule has 0 aliphatic heterocycles. The van der Waals surface area contributed by atoms with Gasteiger partial charge in [0.1, 0.15) is 11.2 Å². The summed E-state index contributed by atoms with van der Waals surface area (Å²) in [5.41, 5.74) is 3.24. The second kappa shape index (κ2) is 8.86. The third kappa shape index (κ3) is 4.59. The first kappa shape index (κ1) is 18.5. The maximum Gasteiger partial charge on any atom is 0.135 e. The average molecular weight is 326 g/mol. The van der Waals surface area contributed by atoms with Crippen LogP contribution in [0.15, 0.2) is 46.9 Å². The van der Waals surface area contributed by atoms with Crippen molar-refractivity contribution in [3.8, 4) is 0 Å². The minimum absolute atomic E-state index is 0.954. The highest BCUT2D eigenvalue weighted by atomic mass is 16.3. The van der Waals surface area contributed by atoms with Crippen molar-refractivity contribution in [3.05, 3.63) is 48.0 Å². The van der Waals surface area contributed by atoms with Gasteiger partial charge in [-0.1, -0.05) is 45.0 Å². The van der Waals surface area contributed by atoms with E-state index in [9.17, 15) is 0 Å². The van der Waals surface area contributed by atoms with Gasteiger partial charge < -0.3 is 14.2 Å². The third-order valence-electron chi connectivity index (χ3n) is 4.28. The molecule has 0 saturated carbocycles. The first-order valence-electron chi connectivity index (χ1n) is 8.86.